The molecule has 26 heavy (non-hydrogen) atoms. The number of fused-ring (bicyclic) bond motifs is 1. The molecule has 0 spiro atoms. The van der Waals surface area contributed by atoms with Crippen LogP contribution >= 0.6 is 0 Å². The van der Waals surface area contributed by atoms with Gasteiger partial charge < -0.3 is 10.6 Å². The van der Waals surface area contributed by atoms with Crippen LogP contribution in [0.3, 0.4) is 0 Å². The number of rotatable bonds is 4. The standard InChI is InChI=1S/C19H22N6O/c1-24-18-5-2-4-17(16(18)13-22-24)23-19(26)20-12-14-6-8-15(9-7-14)25-11-3-10-21-25/h3,6-11,13,17H,2,4-5,12H2,1H3,(H2,20,23,26). The molecule has 3 aromatic rings. The molecular formula is C19H22N6O. The first-order valence-corrected chi connectivity index (χ1v) is 8.85. The van der Waals surface area contributed by atoms with Crippen molar-refractivity contribution in [1.29, 1.82) is 0 Å². The summed E-state index contributed by atoms with van der Waals surface area (Å²) in [6.07, 6.45) is 8.55. The normalized spacial score (nSPS) is 16.1. The van der Waals surface area contributed by atoms with Crippen molar-refractivity contribution in [1.82, 2.24) is 30.2 Å². The molecule has 0 saturated carbocycles. The van der Waals surface area contributed by atoms with Gasteiger partial charge in [0.15, 0.2) is 0 Å². The van der Waals surface area contributed by atoms with Gasteiger partial charge in [-0.25, -0.2) is 9.48 Å². The Balaban J connectivity index is 1.33. The van der Waals surface area contributed by atoms with Crippen molar-refractivity contribution in [3.05, 3.63) is 65.7 Å². The van der Waals surface area contributed by atoms with E-state index in [1.165, 1.54) is 5.69 Å². The number of carbonyl (C=O) groups excluding carboxylic acids is 1. The quantitative estimate of drug-likeness (QED) is 0.759. The summed E-state index contributed by atoms with van der Waals surface area (Å²) in [4.78, 5) is 12.3. The molecule has 0 saturated heterocycles. The minimum absolute atomic E-state index is 0.0367. The molecular weight excluding hydrogens is 328 g/mol. The van der Waals surface area contributed by atoms with Gasteiger partial charge >= 0.3 is 6.03 Å². The minimum atomic E-state index is -0.150. The van der Waals surface area contributed by atoms with E-state index in [1.807, 2.05) is 54.5 Å². The molecule has 2 heterocycles. The largest absolute Gasteiger partial charge is 0.334 e. The summed E-state index contributed by atoms with van der Waals surface area (Å²) in [5, 5.41) is 14.5. The van der Waals surface area contributed by atoms with Crippen molar-refractivity contribution >= 4 is 6.03 Å². The molecule has 134 valence electrons. The first-order valence-electron chi connectivity index (χ1n) is 8.85. The first-order chi connectivity index (χ1) is 12.7. The molecule has 0 bridgehead atoms. The van der Waals surface area contributed by atoms with Gasteiger partial charge in [-0.15, -0.1) is 0 Å². The van der Waals surface area contributed by atoms with Crippen LogP contribution in [0.4, 0.5) is 4.79 Å². The fourth-order valence-electron chi connectivity index (χ4n) is 3.44. The number of hydrogen-bond acceptors (Lipinski definition) is 3. The zero-order chi connectivity index (χ0) is 17.9. The number of urea groups is 1. The van der Waals surface area contributed by atoms with E-state index in [4.69, 9.17) is 0 Å². The summed E-state index contributed by atoms with van der Waals surface area (Å²) < 4.78 is 3.71. The van der Waals surface area contributed by atoms with E-state index in [0.29, 0.717) is 6.54 Å². The number of benzene rings is 1. The van der Waals surface area contributed by atoms with Crippen molar-refractivity contribution in [3.8, 4) is 5.69 Å². The molecule has 0 radical (unpaired) electrons. The maximum atomic E-state index is 12.3. The van der Waals surface area contributed by atoms with E-state index < -0.39 is 0 Å². The predicted molar refractivity (Wildman–Crippen MR) is 97.8 cm³/mol. The van der Waals surface area contributed by atoms with Crippen molar-refractivity contribution in [2.45, 2.75) is 31.8 Å². The average molecular weight is 350 g/mol. The number of nitrogens with one attached hydrogen (secondary N) is 2. The molecule has 2 aromatic heterocycles. The monoisotopic (exact) mass is 350 g/mol. The number of aryl methyl sites for hydroxylation is 1. The van der Waals surface area contributed by atoms with Crippen molar-refractivity contribution in [2.75, 3.05) is 0 Å². The molecule has 1 aliphatic carbocycles. The summed E-state index contributed by atoms with van der Waals surface area (Å²) >= 11 is 0. The van der Waals surface area contributed by atoms with Gasteiger partial charge in [0.2, 0.25) is 0 Å². The molecule has 7 heteroatoms. The van der Waals surface area contributed by atoms with E-state index >= 15 is 0 Å². The molecule has 2 N–H and O–H groups in total. The molecule has 2 amide bonds. The highest BCUT2D eigenvalue weighted by molar-refractivity contribution is 5.74. The maximum absolute atomic E-state index is 12.3. The van der Waals surface area contributed by atoms with Crippen LogP contribution in [0.15, 0.2) is 48.9 Å². The van der Waals surface area contributed by atoms with E-state index in [1.54, 1.807) is 10.9 Å². The second-order valence-electron chi connectivity index (χ2n) is 6.56. The molecule has 1 aromatic carbocycles. The fraction of sp³-hybridized carbons (Fsp3) is 0.316. The third-order valence-electron chi connectivity index (χ3n) is 4.84. The van der Waals surface area contributed by atoms with Crippen LogP contribution in [-0.4, -0.2) is 25.6 Å². The lowest BCUT2D eigenvalue weighted by molar-refractivity contribution is 0.235. The van der Waals surface area contributed by atoms with Crippen molar-refractivity contribution in [2.24, 2.45) is 7.05 Å². The summed E-state index contributed by atoms with van der Waals surface area (Å²) in [5.74, 6) is 0. The van der Waals surface area contributed by atoms with E-state index in [0.717, 1.165) is 36.1 Å². The second kappa shape index (κ2) is 7.03. The van der Waals surface area contributed by atoms with E-state index in [9.17, 15) is 4.79 Å². The Kier molecular flexibility index (Phi) is 4.43. The highest BCUT2D eigenvalue weighted by Crippen LogP contribution is 2.28. The molecule has 1 atom stereocenters. The van der Waals surface area contributed by atoms with Gasteiger partial charge in [-0.1, -0.05) is 12.1 Å². The van der Waals surface area contributed by atoms with Crippen molar-refractivity contribution < 1.29 is 4.79 Å². The lowest BCUT2D eigenvalue weighted by atomic mass is 9.93. The number of amides is 2. The minimum Gasteiger partial charge on any atom is -0.334 e. The Morgan fingerprint density at radius 3 is 2.88 bits per heavy atom. The topological polar surface area (TPSA) is 76.8 Å². The third kappa shape index (κ3) is 3.33. The van der Waals surface area contributed by atoms with Gasteiger partial charge in [0.1, 0.15) is 0 Å². The van der Waals surface area contributed by atoms with Gasteiger partial charge in [0.05, 0.1) is 17.9 Å². The number of nitrogens with zero attached hydrogens (tertiary/aromatic N) is 4. The average Bonchev–Trinajstić information content (AvgIpc) is 3.32. The Morgan fingerprint density at radius 1 is 1.27 bits per heavy atom. The first kappa shape index (κ1) is 16.4. The van der Waals surface area contributed by atoms with Gasteiger partial charge in [-0.05, 0) is 43.0 Å². The van der Waals surface area contributed by atoms with Crippen molar-refractivity contribution in [3.63, 3.8) is 0 Å². The van der Waals surface area contributed by atoms with E-state index in [2.05, 4.69) is 20.8 Å². The highest BCUT2D eigenvalue weighted by atomic mass is 16.2. The maximum Gasteiger partial charge on any atom is 0.315 e. The van der Waals surface area contributed by atoms with Crippen LogP contribution in [0.25, 0.3) is 5.69 Å². The third-order valence-corrected chi connectivity index (χ3v) is 4.84. The SMILES string of the molecule is Cn1ncc2c1CCCC2NC(=O)NCc1ccc(-n2cccn2)cc1. The Hall–Kier alpha value is -3.09. The Bertz CT molecular complexity index is 881. The molecule has 0 aliphatic heterocycles. The summed E-state index contributed by atoms with van der Waals surface area (Å²) in [7, 11) is 1.95. The van der Waals surface area contributed by atoms with Gasteiger partial charge in [-0.2, -0.15) is 10.2 Å². The molecule has 7 nitrogen and oxygen atoms in total. The zero-order valence-corrected chi connectivity index (χ0v) is 14.7. The zero-order valence-electron chi connectivity index (χ0n) is 14.7. The second-order valence-corrected chi connectivity index (χ2v) is 6.56. The highest BCUT2D eigenvalue weighted by Gasteiger charge is 2.24. The lowest BCUT2D eigenvalue weighted by Gasteiger charge is -2.24. The molecule has 1 aliphatic rings. The number of carbonyl (C=O) groups is 1. The Labute approximate surface area is 152 Å². The van der Waals surface area contributed by atoms with Gasteiger partial charge in [0, 0.05) is 37.2 Å². The summed E-state index contributed by atoms with van der Waals surface area (Å²) in [6.45, 7) is 0.484. The summed E-state index contributed by atoms with van der Waals surface area (Å²) in [6, 6.07) is 9.75. The smallest absolute Gasteiger partial charge is 0.315 e. The van der Waals surface area contributed by atoms with Crippen LogP contribution in [0.1, 0.15) is 35.7 Å². The lowest BCUT2D eigenvalue weighted by Crippen LogP contribution is -2.38. The van der Waals surface area contributed by atoms with Crippen LogP contribution < -0.4 is 10.6 Å². The molecule has 4 rings (SSSR count). The molecule has 0 fully saturated rings. The van der Waals surface area contributed by atoms with Crippen LogP contribution in [0, 0.1) is 0 Å². The van der Waals surface area contributed by atoms with Crippen LogP contribution in [0.2, 0.25) is 0 Å². The summed E-state index contributed by atoms with van der Waals surface area (Å²) in [5.41, 5.74) is 4.39. The predicted octanol–water partition coefficient (Wildman–Crippen LogP) is 2.48. The molecule has 1 unspecified atom stereocenters. The van der Waals surface area contributed by atoms with Crippen LogP contribution in [-0.2, 0) is 20.0 Å². The van der Waals surface area contributed by atoms with Gasteiger partial charge in [0.25, 0.3) is 0 Å². The number of aromatic nitrogens is 4. The van der Waals surface area contributed by atoms with Crippen LogP contribution in [0.5, 0.6) is 0 Å². The Morgan fingerprint density at radius 2 is 2.12 bits per heavy atom. The number of hydrogen-bond donors (Lipinski definition) is 2. The fourth-order valence-corrected chi connectivity index (χ4v) is 3.44. The van der Waals surface area contributed by atoms with Gasteiger partial charge in [-0.3, -0.25) is 4.68 Å². The van der Waals surface area contributed by atoms with E-state index in [-0.39, 0.29) is 12.1 Å².